The van der Waals surface area contributed by atoms with E-state index >= 15 is 0 Å². The standard InChI is InChI=1S/C11H17F3N2O4/c12-11(13,14)3-1-2-4-15-10(19)16-5-6-20-8(7-16)9(17)18/h8H,1-7H2,(H,15,19)(H,17,18). The Morgan fingerprint density at radius 2 is 2.05 bits per heavy atom. The fourth-order valence-corrected chi connectivity index (χ4v) is 1.74. The van der Waals surface area contributed by atoms with E-state index in [0.717, 1.165) is 0 Å². The van der Waals surface area contributed by atoms with Gasteiger partial charge in [0.25, 0.3) is 0 Å². The highest BCUT2D eigenvalue weighted by atomic mass is 19.4. The van der Waals surface area contributed by atoms with Gasteiger partial charge in [-0.15, -0.1) is 0 Å². The molecule has 1 aliphatic heterocycles. The minimum absolute atomic E-state index is 0.0510. The molecule has 116 valence electrons. The minimum Gasteiger partial charge on any atom is -0.479 e. The molecule has 1 rings (SSSR count). The maximum Gasteiger partial charge on any atom is 0.389 e. The van der Waals surface area contributed by atoms with Crippen LogP contribution in [0.4, 0.5) is 18.0 Å². The van der Waals surface area contributed by atoms with Crippen LogP contribution in [-0.2, 0) is 9.53 Å². The van der Waals surface area contributed by atoms with Crippen molar-refractivity contribution in [2.75, 3.05) is 26.2 Å². The number of nitrogens with zero attached hydrogens (tertiary/aromatic N) is 1. The number of nitrogens with one attached hydrogen (secondary N) is 1. The second-order valence-electron chi connectivity index (χ2n) is 4.45. The number of hydrogen-bond donors (Lipinski definition) is 2. The molecule has 0 aromatic heterocycles. The van der Waals surface area contributed by atoms with Crippen LogP contribution in [0.3, 0.4) is 0 Å². The van der Waals surface area contributed by atoms with Gasteiger partial charge in [0.15, 0.2) is 6.10 Å². The second kappa shape index (κ2) is 7.32. The van der Waals surface area contributed by atoms with E-state index in [4.69, 9.17) is 9.84 Å². The Morgan fingerprint density at radius 1 is 1.35 bits per heavy atom. The minimum atomic E-state index is -4.18. The van der Waals surface area contributed by atoms with Gasteiger partial charge in [0, 0.05) is 19.5 Å². The van der Waals surface area contributed by atoms with Crippen molar-refractivity contribution in [2.24, 2.45) is 0 Å². The molecule has 0 aromatic carbocycles. The van der Waals surface area contributed by atoms with Crippen LogP contribution >= 0.6 is 0 Å². The fourth-order valence-electron chi connectivity index (χ4n) is 1.74. The smallest absolute Gasteiger partial charge is 0.389 e. The van der Waals surface area contributed by atoms with Crippen LogP contribution in [0.25, 0.3) is 0 Å². The molecule has 20 heavy (non-hydrogen) atoms. The molecule has 0 saturated carbocycles. The zero-order chi connectivity index (χ0) is 15.2. The van der Waals surface area contributed by atoms with Gasteiger partial charge < -0.3 is 20.1 Å². The molecule has 2 N–H and O–H groups in total. The van der Waals surface area contributed by atoms with Gasteiger partial charge >= 0.3 is 18.2 Å². The number of hydrogen-bond acceptors (Lipinski definition) is 3. The van der Waals surface area contributed by atoms with Gasteiger partial charge in [-0.3, -0.25) is 0 Å². The lowest BCUT2D eigenvalue weighted by Crippen LogP contribution is -2.51. The molecule has 2 amide bonds. The third kappa shape index (κ3) is 6.09. The van der Waals surface area contributed by atoms with Crippen LogP contribution in [0, 0.1) is 0 Å². The normalized spacial score (nSPS) is 19.8. The number of rotatable bonds is 5. The number of urea groups is 1. The van der Waals surface area contributed by atoms with Crippen molar-refractivity contribution in [3.63, 3.8) is 0 Å². The first-order valence-electron chi connectivity index (χ1n) is 6.23. The van der Waals surface area contributed by atoms with Gasteiger partial charge in [0.2, 0.25) is 0 Å². The number of carboxylic acids is 1. The molecule has 0 aliphatic carbocycles. The highest BCUT2D eigenvalue weighted by Crippen LogP contribution is 2.21. The third-order valence-electron chi connectivity index (χ3n) is 2.79. The van der Waals surface area contributed by atoms with Crippen molar-refractivity contribution in [3.8, 4) is 0 Å². The second-order valence-corrected chi connectivity index (χ2v) is 4.45. The largest absolute Gasteiger partial charge is 0.479 e. The number of alkyl halides is 3. The number of ether oxygens (including phenoxy) is 1. The van der Waals surface area contributed by atoms with Gasteiger partial charge in [0.1, 0.15) is 0 Å². The van der Waals surface area contributed by atoms with Gasteiger partial charge in [0.05, 0.1) is 13.2 Å². The molecule has 1 heterocycles. The van der Waals surface area contributed by atoms with Crippen LogP contribution in [-0.4, -0.2) is 60.5 Å². The Hall–Kier alpha value is -1.51. The Labute approximate surface area is 113 Å². The fraction of sp³-hybridized carbons (Fsp3) is 0.818. The predicted molar refractivity (Wildman–Crippen MR) is 62.3 cm³/mol. The summed E-state index contributed by atoms with van der Waals surface area (Å²) >= 11 is 0. The summed E-state index contributed by atoms with van der Waals surface area (Å²) in [5.74, 6) is -1.15. The summed E-state index contributed by atoms with van der Waals surface area (Å²) in [7, 11) is 0. The third-order valence-corrected chi connectivity index (χ3v) is 2.79. The molecule has 9 heteroatoms. The first-order chi connectivity index (χ1) is 9.29. The SMILES string of the molecule is O=C(O)C1CN(C(=O)NCCCCC(F)(F)F)CCO1. The summed E-state index contributed by atoms with van der Waals surface area (Å²) in [6.07, 6.45) is -5.94. The lowest BCUT2D eigenvalue weighted by molar-refractivity contribution is -0.154. The van der Waals surface area contributed by atoms with Gasteiger partial charge in [-0.25, -0.2) is 9.59 Å². The Morgan fingerprint density at radius 3 is 2.65 bits per heavy atom. The summed E-state index contributed by atoms with van der Waals surface area (Å²) < 4.78 is 40.6. The molecular weight excluding hydrogens is 281 g/mol. The molecule has 1 fully saturated rings. The van der Waals surface area contributed by atoms with Crippen molar-refractivity contribution >= 4 is 12.0 Å². The molecule has 0 spiro atoms. The van der Waals surface area contributed by atoms with Crippen molar-refractivity contribution < 1.29 is 32.6 Å². The first-order valence-corrected chi connectivity index (χ1v) is 6.23. The van der Waals surface area contributed by atoms with E-state index in [-0.39, 0.29) is 39.1 Å². The van der Waals surface area contributed by atoms with E-state index in [1.54, 1.807) is 0 Å². The average Bonchev–Trinajstić information content (AvgIpc) is 2.37. The number of carboxylic acid groups (broad SMARTS) is 1. The number of amides is 2. The van der Waals surface area contributed by atoms with E-state index in [2.05, 4.69) is 5.32 Å². The van der Waals surface area contributed by atoms with E-state index in [9.17, 15) is 22.8 Å². The number of morpholine rings is 1. The predicted octanol–water partition coefficient (Wildman–Crippen LogP) is 1.21. The molecule has 0 radical (unpaired) electrons. The molecule has 1 unspecified atom stereocenters. The number of carbonyl (C=O) groups is 2. The summed E-state index contributed by atoms with van der Waals surface area (Å²) in [5.41, 5.74) is 0. The number of halogens is 3. The lowest BCUT2D eigenvalue weighted by atomic mass is 10.2. The summed E-state index contributed by atoms with van der Waals surface area (Å²) in [5, 5.41) is 11.2. The lowest BCUT2D eigenvalue weighted by Gasteiger charge is -2.30. The maximum absolute atomic E-state index is 11.9. The van der Waals surface area contributed by atoms with Crippen LogP contribution < -0.4 is 5.32 Å². The highest BCUT2D eigenvalue weighted by molar-refractivity contribution is 5.77. The molecule has 0 bridgehead atoms. The van der Waals surface area contributed by atoms with Crippen molar-refractivity contribution in [1.29, 1.82) is 0 Å². The highest BCUT2D eigenvalue weighted by Gasteiger charge is 2.29. The van der Waals surface area contributed by atoms with Crippen molar-refractivity contribution in [1.82, 2.24) is 10.2 Å². The number of unbranched alkanes of at least 4 members (excludes halogenated alkanes) is 1. The van der Waals surface area contributed by atoms with E-state index in [0.29, 0.717) is 0 Å². The molecule has 6 nitrogen and oxygen atoms in total. The van der Waals surface area contributed by atoms with E-state index in [1.165, 1.54) is 4.90 Å². The van der Waals surface area contributed by atoms with Crippen LogP contribution in [0.15, 0.2) is 0 Å². The van der Waals surface area contributed by atoms with Crippen LogP contribution in [0.1, 0.15) is 19.3 Å². The zero-order valence-corrected chi connectivity index (χ0v) is 10.8. The topological polar surface area (TPSA) is 78.9 Å². The molecular formula is C11H17F3N2O4. The summed E-state index contributed by atoms with van der Waals surface area (Å²) in [4.78, 5) is 23.7. The summed E-state index contributed by atoms with van der Waals surface area (Å²) in [6, 6.07) is -0.480. The van der Waals surface area contributed by atoms with Crippen LogP contribution in [0.5, 0.6) is 0 Å². The van der Waals surface area contributed by atoms with Gasteiger partial charge in [-0.2, -0.15) is 13.2 Å². The zero-order valence-electron chi connectivity index (χ0n) is 10.8. The first kappa shape index (κ1) is 16.5. The molecule has 1 saturated heterocycles. The number of aliphatic carboxylic acids is 1. The Kier molecular flexibility index (Phi) is 6.05. The quantitative estimate of drug-likeness (QED) is 0.748. The van der Waals surface area contributed by atoms with E-state index < -0.39 is 30.7 Å². The Bertz CT molecular complexity index is 349. The summed E-state index contributed by atoms with van der Waals surface area (Å²) in [6.45, 7) is 0.449. The molecule has 0 aromatic rings. The maximum atomic E-state index is 11.9. The van der Waals surface area contributed by atoms with Crippen molar-refractivity contribution in [2.45, 2.75) is 31.5 Å². The van der Waals surface area contributed by atoms with Crippen LogP contribution in [0.2, 0.25) is 0 Å². The molecule has 1 aliphatic rings. The van der Waals surface area contributed by atoms with Gasteiger partial charge in [-0.05, 0) is 12.8 Å². The number of carbonyl (C=O) groups excluding carboxylic acids is 1. The Balaban J connectivity index is 2.20. The van der Waals surface area contributed by atoms with Crippen molar-refractivity contribution in [3.05, 3.63) is 0 Å². The van der Waals surface area contributed by atoms with E-state index in [1.807, 2.05) is 0 Å². The average molecular weight is 298 g/mol. The van der Waals surface area contributed by atoms with Gasteiger partial charge in [-0.1, -0.05) is 0 Å². The monoisotopic (exact) mass is 298 g/mol. The molecule has 1 atom stereocenters.